The van der Waals surface area contributed by atoms with Crippen molar-refractivity contribution >= 4 is 0 Å². The van der Waals surface area contributed by atoms with Crippen molar-refractivity contribution < 1.29 is 4.74 Å². The second kappa shape index (κ2) is 4.59. The van der Waals surface area contributed by atoms with Crippen LogP contribution in [0, 0.1) is 6.92 Å². The minimum Gasteiger partial charge on any atom is -0.497 e. The zero-order chi connectivity index (χ0) is 12.4. The van der Waals surface area contributed by atoms with Gasteiger partial charge in [-0.25, -0.2) is 0 Å². The first-order valence-electron chi connectivity index (χ1n) is 5.54. The molecule has 0 spiro atoms. The minimum atomic E-state index is 0.505. The Morgan fingerprint density at radius 1 is 1.29 bits per heavy atom. The number of methoxy groups -OCH3 is 1. The summed E-state index contributed by atoms with van der Waals surface area (Å²) in [6.07, 6.45) is 0. The molecule has 4 nitrogen and oxygen atoms in total. The molecule has 0 fully saturated rings. The number of aromatic nitrogens is 2. The van der Waals surface area contributed by atoms with Crippen LogP contribution in [0.3, 0.4) is 0 Å². The van der Waals surface area contributed by atoms with Crippen LogP contribution in [-0.4, -0.2) is 16.9 Å². The minimum absolute atomic E-state index is 0.505. The van der Waals surface area contributed by atoms with Crippen LogP contribution in [0.15, 0.2) is 24.3 Å². The van der Waals surface area contributed by atoms with Crippen molar-refractivity contribution in [3.63, 3.8) is 0 Å². The average molecular weight is 231 g/mol. The van der Waals surface area contributed by atoms with Crippen LogP contribution >= 0.6 is 0 Å². The zero-order valence-corrected chi connectivity index (χ0v) is 10.4. The van der Waals surface area contributed by atoms with Gasteiger partial charge in [-0.05, 0) is 36.8 Å². The third-order valence-electron chi connectivity index (χ3n) is 2.99. The van der Waals surface area contributed by atoms with Gasteiger partial charge in [-0.3, -0.25) is 4.68 Å². The number of aryl methyl sites for hydroxylation is 1. The van der Waals surface area contributed by atoms with Crippen LogP contribution in [0.25, 0.3) is 11.3 Å². The molecule has 4 heteroatoms. The Bertz CT molecular complexity index is 514. The van der Waals surface area contributed by atoms with E-state index in [1.54, 1.807) is 7.11 Å². The zero-order valence-electron chi connectivity index (χ0n) is 10.4. The van der Waals surface area contributed by atoms with E-state index >= 15 is 0 Å². The topological polar surface area (TPSA) is 53.1 Å². The molecular weight excluding hydrogens is 214 g/mol. The molecule has 0 saturated carbocycles. The van der Waals surface area contributed by atoms with Crippen LogP contribution in [-0.2, 0) is 13.6 Å². The average Bonchev–Trinajstić information content (AvgIpc) is 2.64. The maximum Gasteiger partial charge on any atom is 0.118 e. The van der Waals surface area contributed by atoms with Gasteiger partial charge in [-0.15, -0.1) is 0 Å². The van der Waals surface area contributed by atoms with Gasteiger partial charge in [0.15, 0.2) is 0 Å². The Hall–Kier alpha value is -1.81. The molecule has 0 aliphatic carbocycles. The van der Waals surface area contributed by atoms with Crippen molar-refractivity contribution in [2.45, 2.75) is 13.5 Å². The van der Waals surface area contributed by atoms with Crippen LogP contribution in [0.4, 0.5) is 0 Å². The molecule has 0 amide bonds. The molecule has 2 rings (SSSR count). The van der Waals surface area contributed by atoms with Crippen molar-refractivity contribution in [2.75, 3.05) is 7.11 Å². The standard InChI is InChI=1S/C13H17N3O/c1-9-12(8-14)16(2)15-13(9)10-4-6-11(17-3)7-5-10/h4-7H,8,14H2,1-3H3. The summed E-state index contributed by atoms with van der Waals surface area (Å²) in [5.74, 6) is 0.849. The highest BCUT2D eigenvalue weighted by Gasteiger charge is 2.12. The lowest BCUT2D eigenvalue weighted by Gasteiger charge is -2.02. The highest BCUT2D eigenvalue weighted by molar-refractivity contribution is 5.64. The van der Waals surface area contributed by atoms with Gasteiger partial charge in [0.1, 0.15) is 5.75 Å². The quantitative estimate of drug-likeness (QED) is 0.877. The molecule has 0 saturated heterocycles. The predicted molar refractivity (Wildman–Crippen MR) is 67.8 cm³/mol. The number of nitrogens with zero attached hydrogens (tertiary/aromatic N) is 2. The fraction of sp³-hybridized carbons (Fsp3) is 0.308. The lowest BCUT2D eigenvalue weighted by molar-refractivity contribution is 0.415. The maximum absolute atomic E-state index is 5.71. The summed E-state index contributed by atoms with van der Waals surface area (Å²) < 4.78 is 6.98. The smallest absolute Gasteiger partial charge is 0.118 e. The molecule has 2 N–H and O–H groups in total. The van der Waals surface area contributed by atoms with Gasteiger partial charge in [0, 0.05) is 19.2 Å². The predicted octanol–water partition coefficient (Wildman–Crippen LogP) is 1.86. The van der Waals surface area contributed by atoms with E-state index in [2.05, 4.69) is 12.0 Å². The molecule has 0 atom stereocenters. The van der Waals surface area contributed by atoms with Crippen molar-refractivity contribution in [1.82, 2.24) is 9.78 Å². The number of nitrogens with two attached hydrogens (primary N) is 1. The van der Waals surface area contributed by atoms with E-state index in [9.17, 15) is 0 Å². The molecule has 0 unspecified atom stereocenters. The van der Waals surface area contributed by atoms with E-state index in [4.69, 9.17) is 10.5 Å². The van der Waals surface area contributed by atoms with Gasteiger partial charge in [0.25, 0.3) is 0 Å². The first kappa shape index (κ1) is 11.7. The SMILES string of the molecule is COc1ccc(-c2nn(C)c(CN)c2C)cc1. The summed E-state index contributed by atoms with van der Waals surface area (Å²) in [7, 11) is 3.58. The molecule has 0 radical (unpaired) electrons. The van der Waals surface area contributed by atoms with E-state index in [0.717, 1.165) is 28.3 Å². The summed E-state index contributed by atoms with van der Waals surface area (Å²) in [5, 5.41) is 4.50. The second-order valence-corrected chi connectivity index (χ2v) is 3.98. The normalized spacial score (nSPS) is 10.6. The summed E-state index contributed by atoms with van der Waals surface area (Å²) in [6.45, 7) is 2.56. The van der Waals surface area contributed by atoms with Gasteiger partial charge in [-0.2, -0.15) is 5.10 Å². The van der Waals surface area contributed by atoms with Crippen molar-refractivity contribution in [2.24, 2.45) is 12.8 Å². The first-order chi connectivity index (χ1) is 8.17. The molecule has 90 valence electrons. The number of ether oxygens (including phenoxy) is 1. The number of rotatable bonds is 3. The van der Waals surface area contributed by atoms with Gasteiger partial charge < -0.3 is 10.5 Å². The lowest BCUT2D eigenvalue weighted by Crippen LogP contribution is -2.05. The highest BCUT2D eigenvalue weighted by atomic mass is 16.5. The summed E-state index contributed by atoms with van der Waals surface area (Å²) in [4.78, 5) is 0. The molecule has 1 aromatic carbocycles. The molecule has 1 aromatic heterocycles. The number of hydrogen-bond donors (Lipinski definition) is 1. The van der Waals surface area contributed by atoms with E-state index in [1.807, 2.05) is 36.0 Å². The fourth-order valence-corrected chi connectivity index (χ4v) is 1.97. The molecule has 2 aromatic rings. The maximum atomic E-state index is 5.71. The van der Waals surface area contributed by atoms with Crippen LogP contribution in [0.5, 0.6) is 5.75 Å². The number of hydrogen-bond acceptors (Lipinski definition) is 3. The highest BCUT2D eigenvalue weighted by Crippen LogP contribution is 2.25. The van der Waals surface area contributed by atoms with E-state index in [1.165, 1.54) is 0 Å². The first-order valence-corrected chi connectivity index (χ1v) is 5.54. The third-order valence-corrected chi connectivity index (χ3v) is 2.99. The van der Waals surface area contributed by atoms with Crippen LogP contribution in [0.2, 0.25) is 0 Å². The van der Waals surface area contributed by atoms with Crippen LogP contribution in [0.1, 0.15) is 11.3 Å². The van der Waals surface area contributed by atoms with E-state index in [-0.39, 0.29) is 0 Å². The van der Waals surface area contributed by atoms with Gasteiger partial charge in [0.2, 0.25) is 0 Å². The van der Waals surface area contributed by atoms with Gasteiger partial charge in [0.05, 0.1) is 18.5 Å². The third kappa shape index (κ3) is 2.03. The Kier molecular flexibility index (Phi) is 3.15. The molecule has 0 aliphatic heterocycles. The second-order valence-electron chi connectivity index (χ2n) is 3.98. The van der Waals surface area contributed by atoms with E-state index in [0.29, 0.717) is 6.54 Å². The molecule has 0 bridgehead atoms. The Morgan fingerprint density at radius 2 is 1.94 bits per heavy atom. The van der Waals surface area contributed by atoms with Crippen molar-refractivity contribution in [1.29, 1.82) is 0 Å². The van der Waals surface area contributed by atoms with Crippen molar-refractivity contribution in [3.05, 3.63) is 35.5 Å². The molecule has 17 heavy (non-hydrogen) atoms. The Morgan fingerprint density at radius 3 is 2.41 bits per heavy atom. The van der Waals surface area contributed by atoms with Gasteiger partial charge >= 0.3 is 0 Å². The summed E-state index contributed by atoms with van der Waals surface area (Å²) >= 11 is 0. The number of benzene rings is 1. The Labute approximate surface area is 101 Å². The lowest BCUT2D eigenvalue weighted by atomic mass is 10.1. The monoisotopic (exact) mass is 231 g/mol. The van der Waals surface area contributed by atoms with Gasteiger partial charge in [-0.1, -0.05) is 0 Å². The molecule has 0 aliphatic rings. The van der Waals surface area contributed by atoms with Crippen LogP contribution < -0.4 is 10.5 Å². The Balaban J connectivity index is 2.45. The van der Waals surface area contributed by atoms with Crippen molar-refractivity contribution in [3.8, 4) is 17.0 Å². The summed E-state index contributed by atoms with van der Waals surface area (Å²) in [5.41, 5.74) is 9.98. The molecule has 1 heterocycles. The fourth-order valence-electron chi connectivity index (χ4n) is 1.97. The molecular formula is C13H17N3O. The summed E-state index contributed by atoms with van der Waals surface area (Å²) in [6, 6.07) is 7.89. The largest absolute Gasteiger partial charge is 0.497 e. The van der Waals surface area contributed by atoms with E-state index < -0.39 is 0 Å².